The molecule has 0 aromatic carbocycles. The molecule has 1 aliphatic heterocycles. The zero-order chi connectivity index (χ0) is 35.9. The summed E-state index contributed by atoms with van der Waals surface area (Å²) in [5.41, 5.74) is 0. The highest BCUT2D eigenvalue weighted by Crippen LogP contribution is 2.03. The highest BCUT2D eigenvalue weighted by Gasteiger charge is 2.19. The average Bonchev–Trinajstić information content (AvgIpc) is 3.04. The van der Waals surface area contributed by atoms with E-state index >= 15 is 0 Å². The van der Waals surface area contributed by atoms with E-state index in [1.54, 1.807) is 4.90 Å². The minimum absolute atomic E-state index is 0.0571. The van der Waals surface area contributed by atoms with Gasteiger partial charge in [-0.25, -0.2) is 0 Å². The average molecular weight is 664 g/mol. The lowest BCUT2D eigenvalue weighted by Crippen LogP contribution is -2.49. The van der Waals surface area contributed by atoms with Gasteiger partial charge in [0.05, 0.1) is 26.3 Å². The summed E-state index contributed by atoms with van der Waals surface area (Å²) >= 11 is 0. The lowest BCUT2D eigenvalue weighted by atomic mass is 10.3. The molecule has 1 heterocycles. The smallest absolute Gasteiger partial charge is 0.317 e. The van der Waals surface area contributed by atoms with Gasteiger partial charge in [-0.15, -0.1) is 0 Å². The fourth-order valence-corrected chi connectivity index (χ4v) is 4.81. The Kier molecular flexibility index (Phi) is 33.7. The van der Waals surface area contributed by atoms with Crippen molar-refractivity contribution in [1.82, 2.24) is 34.3 Å². The number of amides is 1. The predicted molar refractivity (Wildman–Crippen MR) is 181 cm³/mol. The van der Waals surface area contributed by atoms with E-state index in [0.29, 0.717) is 65.4 Å². The van der Waals surface area contributed by atoms with Crippen LogP contribution in [0.15, 0.2) is 0 Å². The van der Waals surface area contributed by atoms with Gasteiger partial charge in [-0.1, -0.05) is 20.8 Å². The van der Waals surface area contributed by atoms with Crippen LogP contribution in [0.1, 0.15) is 40.0 Å². The zero-order valence-corrected chi connectivity index (χ0v) is 29.7. The van der Waals surface area contributed by atoms with E-state index in [1.807, 2.05) is 49.3 Å². The van der Waals surface area contributed by atoms with Gasteiger partial charge >= 0.3 is 11.9 Å². The van der Waals surface area contributed by atoms with Gasteiger partial charge in [0.25, 0.3) is 0 Å². The second-order valence-corrected chi connectivity index (χ2v) is 10.8. The Morgan fingerprint density at radius 1 is 0.674 bits per heavy atom. The Hall–Kier alpha value is -2.53. The zero-order valence-electron chi connectivity index (χ0n) is 29.7. The van der Waals surface area contributed by atoms with E-state index in [4.69, 9.17) is 9.90 Å². The number of carboxylic acids is 2. The molecule has 46 heavy (non-hydrogen) atoms. The Labute approximate surface area is 277 Å². The number of hydrogen-bond acceptors (Lipinski definition) is 12. The first-order valence-corrected chi connectivity index (χ1v) is 16.1. The molecule has 15 heteroatoms. The number of aliphatic hydroxyl groups excluding tert-OH is 1. The van der Waals surface area contributed by atoms with Gasteiger partial charge in [-0.3, -0.25) is 38.9 Å². The molecule has 0 bridgehead atoms. The molecule has 1 aliphatic rings. The minimum atomic E-state index is -0.877. The van der Waals surface area contributed by atoms with Gasteiger partial charge in [-0.05, 0) is 40.0 Å². The van der Waals surface area contributed by atoms with Crippen molar-refractivity contribution in [2.24, 2.45) is 0 Å². The molecule has 15 nitrogen and oxygen atoms in total. The number of carbonyl (C=O) groups is 5. The summed E-state index contributed by atoms with van der Waals surface area (Å²) in [5, 5.41) is 25.8. The Morgan fingerprint density at radius 3 is 1.43 bits per heavy atom. The van der Waals surface area contributed by atoms with Crippen LogP contribution in [-0.2, 0) is 24.0 Å². The maximum absolute atomic E-state index is 11.7. The molecule has 3 N–H and O–H groups in total. The summed E-state index contributed by atoms with van der Waals surface area (Å²) < 4.78 is 0. The van der Waals surface area contributed by atoms with Crippen molar-refractivity contribution < 1.29 is 39.3 Å². The van der Waals surface area contributed by atoms with Crippen LogP contribution in [0.25, 0.3) is 0 Å². The third-order valence-corrected chi connectivity index (χ3v) is 7.26. The van der Waals surface area contributed by atoms with E-state index in [-0.39, 0.29) is 25.5 Å². The van der Waals surface area contributed by atoms with E-state index in [9.17, 15) is 29.4 Å². The SMILES string of the molecule is C=O.CC.CCC(=O)N(C)CCCN(C)CCCN(C)CN1CCN(CC(=O)O)CCN(CC=O)CCN(CC(=O)O)CC1.CO. The lowest BCUT2D eigenvalue weighted by Gasteiger charge is -2.34. The number of aldehydes is 1. The van der Waals surface area contributed by atoms with Crippen LogP contribution in [0.4, 0.5) is 0 Å². The second kappa shape index (κ2) is 32.4. The molecule has 0 spiro atoms. The van der Waals surface area contributed by atoms with E-state index < -0.39 is 11.9 Å². The summed E-state index contributed by atoms with van der Waals surface area (Å²) in [7, 11) is 7.02. The number of hydrogen-bond donors (Lipinski definition) is 3. The molecule has 0 aromatic rings. The Bertz CT molecular complexity index is 749. The Balaban J connectivity index is -0.00000290. The van der Waals surface area contributed by atoms with Gasteiger partial charge in [0, 0.05) is 86.0 Å². The minimum Gasteiger partial charge on any atom is -0.480 e. The second-order valence-electron chi connectivity index (χ2n) is 10.8. The number of aliphatic hydroxyl groups is 1. The standard InChI is InChI=1S/C27H53N7O6.C2H6.CH4O.CH2O/c1-5-25(36)30(4)11-7-9-28(2)8-6-10-29(3)24-34-18-16-32(22-26(37)38)14-12-31(20-21-35)13-15-33(17-19-34)23-27(39)40;3*1-2/h21H,5-20,22-24H2,1-4H3,(H,37,38)(H,39,40);1-2H3;2H,1H3;1H2. The molecular weight excluding hydrogens is 598 g/mol. The van der Waals surface area contributed by atoms with Gasteiger partial charge in [0.15, 0.2) is 0 Å². The largest absolute Gasteiger partial charge is 0.480 e. The maximum Gasteiger partial charge on any atom is 0.317 e. The number of aliphatic carboxylic acids is 2. The molecule has 272 valence electrons. The van der Waals surface area contributed by atoms with Crippen LogP contribution in [0.5, 0.6) is 0 Å². The summed E-state index contributed by atoms with van der Waals surface area (Å²) in [6.45, 7) is 16.9. The molecular formula is C31H65N7O8. The van der Waals surface area contributed by atoms with E-state index in [1.165, 1.54) is 0 Å². The highest BCUT2D eigenvalue weighted by molar-refractivity contribution is 5.75. The number of carbonyl (C=O) groups excluding carboxylic acids is 3. The molecule has 0 aliphatic carbocycles. The third-order valence-electron chi connectivity index (χ3n) is 7.26. The lowest BCUT2D eigenvalue weighted by molar-refractivity contribution is -0.139. The molecule has 0 atom stereocenters. The summed E-state index contributed by atoms with van der Waals surface area (Å²) in [4.78, 5) is 68.1. The van der Waals surface area contributed by atoms with E-state index in [2.05, 4.69) is 28.8 Å². The first-order valence-electron chi connectivity index (χ1n) is 16.1. The van der Waals surface area contributed by atoms with Crippen molar-refractivity contribution in [3.63, 3.8) is 0 Å². The Morgan fingerprint density at radius 2 is 1.04 bits per heavy atom. The molecule has 0 aromatic heterocycles. The van der Waals surface area contributed by atoms with Gasteiger partial charge in [0.1, 0.15) is 13.1 Å². The van der Waals surface area contributed by atoms with Crippen LogP contribution in [0.3, 0.4) is 0 Å². The number of nitrogens with zero attached hydrogens (tertiary/aromatic N) is 7. The van der Waals surface area contributed by atoms with Gasteiger partial charge < -0.3 is 34.7 Å². The van der Waals surface area contributed by atoms with Crippen LogP contribution < -0.4 is 0 Å². The normalized spacial score (nSPS) is 15.5. The van der Waals surface area contributed by atoms with Crippen molar-refractivity contribution in [2.75, 3.05) is 133 Å². The summed E-state index contributed by atoms with van der Waals surface area (Å²) in [6, 6.07) is 0. The molecule has 0 saturated carbocycles. The maximum atomic E-state index is 11.7. The molecule has 1 fully saturated rings. The van der Waals surface area contributed by atoms with Crippen LogP contribution in [-0.4, -0.2) is 214 Å². The first kappa shape index (κ1) is 47.9. The van der Waals surface area contributed by atoms with Crippen LogP contribution in [0.2, 0.25) is 0 Å². The van der Waals surface area contributed by atoms with Crippen molar-refractivity contribution in [3.8, 4) is 0 Å². The monoisotopic (exact) mass is 663 g/mol. The summed E-state index contributed by atoms with van der Waals surface area (Å²) in [6.07, 6.45) is 3.30. The van der Waals surface area contributed by atoms with Crippen molar-refractivity contribution >= 4 is 30.9 Å². The van der Waals surface area contributed by atoms with E-state index in [0.717, 1.165) is 52.4 Å². The van der Waals surface area contributed by atoms with Crippen LogP contribution >= 0.6 is 0 Å². The van der Waals surface area contributed by atoms with Gasteiger partial charge in [0.2, 0.25) is 5.91 Å². The quantitative estimate of drug-likeness (QED) is 0.170. The fraction of sp³-hybridized carbons (Fsp3) is 0.839. The highest BCUT2D eigenvalue weighted by atomic mass is 16.4. The fourth-order valence-electron chi connectivity index (χ4n) is 4.81. The molecule has 0 radical (unpaired) electrons. The molecule has 1 amide bonds. The molecule has 1 saturated heterocycles. The predicted octanol–water partition coefficient (Wildman–Crippen LogP) is -0.504. The van der Waals surface area contributed by atoms with Gasteiger partial charge in [-0.2, -0.15) is 0 Å². The first-order chi connectivity index (χ1) is 22.0. The summed E-state index contributed by atoms with van der Waals surface area (Å²) in [5.74, 6) is -1.58. The third kappa shape index (κ3) is 26.7. The topological polar surface area (TPSA) is 169 Å². The number of rotatable bonds is 17. The van der Waals surface area contributed by atoms with Crippen molar-refractivity contribution in [1.29, 1.82) is 0 Å². The van der Waals surface area contributed by atoms with Crippen molar-refractivity contribution in [2.45, 2.75) is 40.0 Å². The number of carboxylic acid groups (broad SMARTS) is 2. The molecule has 0 unspecified atom stereocenters. The molecule has 1 rings (SSSR count). The van der Waals surface area contributed by atoms with Crippen molar-refractivity contribution in [3.05, 3.63) is 0 Å². The van der Waals surface area contributed by atoms with Crippen LogP contribution in [0, 0.1) is 0 Å².